The van der Waals surface area contributed by atoms with Gasteiger partial charge < -0.3 is 10.6 Å². The Morgan fingerprint density at radius 2 is 1.86 bits per heavy atom. The molecule has 0 saturated carbocycles. The van der Waals surface area contributed by atoms with Gasteiger partial charge in [-0.2, -0.15) is 0 Å². The quantitative estimate of drug-likeness (QED) is 0.928. The smallest absolute Gasteiger partial charge is 0.252 e. The molecule has 1 aromatic rings. The number of aromatic nitrogens is 1. The zero-order valence-electron chi connectivity index (χ0n) is 14.1. The number of primary amides is 1. The molecule has 1 aliphatic carbocycles. The summed E-state index contributed by atoms with van der Waals surface area (Å²) in [5.74, 6) is 0.175. The van der Waals surface area contributed by atoms with Crippen molar-refractivity contribution in [3.05, 3.63) is 46.8 Å². The highest BCUT2D eigenvalue weighted by atomic mass is 16.1. The minimum Gasteiger partial charge on any atom is -0.365 e. The molecule has 0 fully saturated rings. The fraction of sp³-hybridized carbons (Fsp3) is 0.444. The second-order valence-electron chi connectivity index (χ2n) is 6.79. The molecular weight excluding hydrogens is 274 g/mol. The van der Waals surface area contributed by atoms with Crippen LogP contribution in [0, 0.1) is 0 Å². The summed E-state index contributed by atoms with van der Waals surface area (Å²) in [5, 5.41) is 0. The molecule has 0 unspecified atom stereocenters. The van der Waals surface area contributed by atoms with Gasteiger partial charge in [0.2, 0.25) is 0 Å². The molecule has 2 rings (SSSR count). The molecule has 22 heavy (non-hydrogen) atoms. The summed E-state index contributed by atoms with van der Waals surface area (Å²) < 4.78 is 0. The van der Waals surface area contributed by atoms with Crippen molar-refractivity contribution >= 4 is 11.7 Å². The lowest BCUT2D eigenvalue weighted by Crippen LogP contribution is -2.26. The number of rotatable bonds is 3. The second kappa shape index (κ2) is 5.95. The van der Waals surface area contributed by atoms with Gasteiger partial charge in [0.05, 0.1) is 5.56 Å². The average Bonchev–Trinajstić information content (AvgIpc) is 2.45. The number of allylic oxidation sites excluding steroid dienone is 3. The van der Waals surface area contributed by atoms with Crippen LogP contribution in [0.15, 0.2) is 35.6 Å². The summed E-state index contributed by atoms with van der Waals surface area (Å²) in [6.45, 7) is 8.40. The maximum absolute atomic E-state index is 11.8. The highest BCUT2D eigenvalue weighted by Crippen LogP contribution is 2.30. The average molecular weight is 299 g/mol. The molecule has 0 spiro atoms. The number of hydrogen-bond acceptors (Lipinski definition) is 3. The van der Waals surface area contributed by atoms with E-state index < -0.39 is 5.91 Å². The predicted molar refractivity (Wildman–Crippen MR) is 90.9 cm³/mol. The van der Waals surface area contributed by atoms with Crippen LogP contribution in [0.5, 0.6) is 0 Å². The zero-order valence-corrected chi connectivity index (χ0v) is 14.1. The Labute approximate surface area is 132 Å². The molecule has 0 saturated heterocycles. The van der Waals surface area contributed by atoms with E-state index in [1.54, 1.807) is 6.07 Å². The summed E-state index contributed by atoms with van der Waals surface area (Å²) >= 11 is 0. The summed E-state index contributed by atoms with van der Waals surface area (Å²) in [5.41, 5.74) is 9.14. The van der Waals surface area contributed by atoms with Gasteiger partial charge in [0.15, 0.2) is 0 Å². The van der Waals surface area contributed by atoms with E-state index in [0.29, 0.717) is 11.4 Å². The zero-order chi connectivity index (χ0) is 16.5. The van der Waals surface area contributed by atoms with Crippen LogP contribution in [0.2, 0.25) is 0 Å². The molecule has 4 heteroatoms. The van der Waals surface area contributed by atoms with E-state index in [-0.39, 0.29) is 5.41 Å². The molecule has 0 aromatic carbocycles. The van der Waals surface area contributed by atoms with Crippen LogP contribution in [0.1, 0.15) is 56.6 Å². The lowest BCUT2D eigenvalue weighted by Gasteiger charge is -2.28. The fourth-order valence-electron chi connectivity index (χ4n) is 2.62. The largest absolute Gasteiger partial charge is 0.365 e. The van der Waals surface area contributed by atoms with Crippen molar-refractivity contribution < 1.29 is 4.79 Å². The molecule has 0 radical (unpaired) electrons. The molecule has 1 amide bonds. The molecular formula is C18H25N3O. The van der Waals surface area contributed by atoms with Crippen LogP contribution in [0.25, 0.3) is 0 Å². The maximum Gasteiger partial charge on any atom is 0.252 e. The highest BCUT2D eigenvalue weighted by Gasteiger charge is 2.22. The van der Waals surface area contributed by atoms with E-state index in [9.17, 15) is 4.79 Å². The molecule has 0 bridgehead atoms. The van der Waals surface area contributed by atoms with E-state index in [0.717, 1.165) is 24.2 Å². The van der Waals surface area contributed by atoms with E-state index in [1.165, 1.54) is 5.57 Å². The predicted octanol–water partition coefficient (Wildman–Crippen LogP) is 3.54. The Bertz CT molecular complexity index is 651. The number of nitrogens with two attached hydrogens (primary N) is 1. The third-order valence-corrected chi connectivity index (χ3v) is 3.95. The molecule has 118 valence electrons. The number of carbonyl (C=O) groups is 1. The number of hydrogen-bond donors (Lipinski definition) is 1. The first-order valence-electron chi connectivity index (χ1n) is 7.64. The van der Waals surface area contributed by atoms with Crippen LogP contribution < -0.4 is 10.6 Å². The van der Waals surface area contributed by atoms with Gasteiger partial charge in [0, 0.05) is 23.9 Å². The summed E-state index contributed by atoms with van der Waals surface area (Å²) in [4.78, 5) is 18.5. The van der Waals surface area contributed by atoms with Crippen LogP contribution in [0.3, 0.4) is 0 Å². The van der Waals surface area contributed by atoms with Crippen molar-refractivity contribution in [2.45, 2.75) is 46.0 Å². The number of pyridine rings is 1. The molecule has 2 N–H and O–H groups in total. The van der Waals surface area contributed by atoms with Crippen molar-refractivity contribution in [1.82, 2.24) is 4.98 Å². The summed E-state index contributed by atoms with van der Waals surface area (Å²) in [7, 11) is 1.94. The normalized spacial score (nSPS) is 15.1. The molecule has 1 heterocycles. The van der Waals surface area contributed by atoms with Crippen LogP contribution >= 0.6 is 0 Å². The Kier molecular flexibility index (Phi) is 4.40. The van der Waals surface area contributed by atoms with E-state index in [1.807, 2.05) is 18.0 Å². The van der Waals surface area contributed by atoms with E-state index >= 15 is 0 Å². The van der Waals surface area contributed by atoms with Gasteiger partial charge in [-0.15, -0.1) is 0 Å². The van der Waals surface area contributed by atoms with Crippen LogP contribution in [0.4, 0.5) is 5.82 Å². The van der Waals surface area contributed by atoms with E-state index in [2.05, 4.69) is 39.8 Å². The number of nitrogens with zero attached hydrogens (tertiary/aromatic N) is 2. The van der Waals surface area contributed by atoms with Crippen LogP contribution in [-0.2, 0) is 5.41 Å². The third kappa shape index (κ3) is 3.21. The van der Waals surface area contributed by atoms with Gasteiger partial charge in [0.25, 0.3) is 5.91 Å². The molecule has 0 aliphatic heterocycles. The van der Waals surface area contributed by atoms with Gasteiger partial charge in [-0.3, -0.25) is 4.79 Å². The monoisotopic (exact) mass is 299 g/mol. The summed E-state index contributed by atoms with van der Waals surface area (Å²) in [6.07, 6.45) is 6.46. The Morgan fingerprint density at radius 3 is 2.41 bits per heavy atom. The highest BCUT2D eigenvalue weighted by molar-refractivity contribution is 5.98. The SMILES string of the molecule is CC1=CCCC=C1N(C)c1nc(C(C)(C)C)ccc1C(N)=O. The van der Waals surface area contributed by atoms with Crippen molar-refractivity contribution in [2.75, 3.05) is 11.9 Å². The molecule has 1 aromatic heterocycles. The second-order valence-corrected chi connectivity index (χ2v) is 6.79. The number of likely N-dealkylation sites (N-methyl/N-ethyl adjacent to an activating group) is 1. The number of amides is 1. The number of carbonyl (C=O) groups excluding carboxylic acids is 1. The minimum atomic E-state index is -0.451. The first kappa shape index (κ1) is 16.3. The topological polar surface area (TPSA) is 59.2 Å². The first-order chi connectivity index (χ1) is 10.2. The van der Waals surface area contributed by atoms with Crippen LogP contribution in [-0.4, -0.2) is 17.9 Å². The van der Waals surface area contributed by atoms with Crippen molar-refractivity contribution in [3.8, 4) is 0 Å². The molecule has 4 nitrogen and oxygen atoms in total. The fourth-order valence-corrected chi connectivity index (χ4v) is 2.62. The lowest BCUT2D eigenvalue weighted by atomic mass is 9.91. The van der Waals surface area contributed by atoms with Crippen molar-refractivity contribution in [1.29, 1.82) is 0 Å². The van der Waals surface area contributed by atoms with E-state index in [4.69, 9.17) is 10.7 Å². The Hall–Kier alpha value is -2.10. The Balaban J connectivity index is 2.54. The van der Waals surface area contributed by atoms with Gasteiger partial charge in [-0.25, -0.2) is 4.98 Å². The van der Waals surface area contributed by atoms with Gasteiger partial charge in [-0.1, -0.05) is 32.9 Å². The summed E-state index contributed by atoms with van der Waals surface area (Å²) in [6, 6.07) is 3.67. The van der Waals surface area contributed by atoms with Gasteiger partial charge >= 0.3 is 0 Å². The van der Waals surface area contributed by atoms with Gasteiger partial charge in [0.1, 0.15) is 5.82 Å². The third-order valence-electron chi connectivity index (χ3n) is 3.95. The van der Waals surface area contributed by atoms with Crippen molar-refractivity contribution in [3.63, 3.8) is 0 Å². The first-order valence-corrected chi connectivity index (χ1v) is 7.64. The van der Waals surface area contributed by atoms with Gasteiger partial charge in [-0.05, 0) is 37.5 Å². The lowest BCUT2D eigenvalue weighted by molar-refractivity contribution is 0.100. The molecule has 0 atom stereocenters. The number of anilines is 1. The molecule has 1 aliphatic rings. The maximum atomic E-state index is 11.8. The standard InChI is InChI=1S/C18H25N3O/c1-12-8-6-7-9-14(12)21(5)17-13(16(19)22)10-11-15(20-17)18(2,3)4/h8-11H,6-7H2,1-5H3,(H2,19,22). The Morgan fingerprint density at radius 1 is 1.23 bits per heavy atom. The minimum absolute atomic E-state index is 0.0857. The van der Waals surface area contributed by atoms with Crippen molar-refractivity contribution in [2.24, 2.45) is 5.73 Å².